The maximum atomic E-state index is 12.6. The highest BCUT2D eigenvalue weighted by Gasteiger charge is 2.33. The summed E-state index contributed by atoms with van der Waals surface area (Å²) >= 11 is 3.58. The van der Waals surface area contributed by atoms with Crippen LogP contribution in [0.15, 0.2) is 30.3 Å². The Hall–Kier alpha value is -0.830. The molecular weight excluding hydrogens is 302 g/mol. The van der Waals surface area contributed by atoms with Crippen molar-refractivity contribution in [2.45, 2.75) is 30.5 Å². The molecule has 2 aliphatic carbocycles. The molecule has 1 aromatic carbocycles. The summed E-state index contributed by atoms with van der Waals surface area (Å²) in [5.74, 6) is 1.77. The zero-order valence-corrected chi connectivity index (χ0v) is 12.7. The first-order valence-electron chi connectivity index (χ1n) is 7.22. The lowest BCUT2D eigenvalue weighted by atomic mass is 10.1. The summed E-state index contributed by atoms with van der Waals surface area (Å²) in [7, 11) is 0. The van der Waals surface area contributed by atoms with Gasteiger partial charge in [-0.15, -0.1) is 0 Å². The molecule has 102 valence electrons. The minimum Gasteiger partial charge on any atom is -0.341 e. The van der Waals surface area contributed by atoms with Gasteiger partial charge in [0.2, 0.25) is 5.91 Å². The second kappa shape index (κ2) is 5.66. The van der Waals surface area contributed by atoms with Crippen LogP contribution >= 0.6 is 15.9 Å². The number of benzene rings is 1. The molecule has 0 aliphatic heterocycles. The predicted molar refractivity (Wildman–Crippen MR) is 80.1 cm³/mol. The zero-order chi connectivity index (χ0) is 13.2. The number of alkyl halides is 1. The summed E-state index contributed by atoms with van der Waals surface area (Å²) in [5, 5.41) is 0. The van der Waals surface area contributed by atoms with E-state index in [1.807, 2.05) is 30.3 Å². The summed E-state index contributed by atoms with van der Waals surface area (Å²) in [6.07, 6.45) is 5.19. The number of hydrogen-bond donors (Lipinski definition) is 0. The molecule has 0 heterocycles. The van der Waals surface area contributed by atoms with Crippen molar-refractivity contribution >= 4 is 21.8 Å². The molecule has 0 bridgehead atoms. The van der Waals surface area contributed by atoms with Crippen LogP contribution in [0, 0.1) is 11.8 Å². The van der Waals surface area contributed by atoms with Gasteiger partial charge in [0.05, 0.1) is 0 Å². The summed E-state index contributed by atoms with van der Waals surface area (Å²) in [4.78, 5) is 14.6. The predicted octanol–water partition coefficient (Wildman–Crippen LogP) is 3.77. The van der Waals surface area contributed by atoms with E-state index in [2.05, 4.69) is 20.8 Å². The Bertz CT molecular complexity index is 425. The van der Waals surface area contributed by atoms with Gasteiger partial charge >= 0.3 is 0 Å². The van der Waals surface area contributed by atoms with Gasteiger partial charge in [0.1, 0.15) is 4.83 Å². The molecule has 1 amide bonds. The van der Waals surface area contributed by atoms with E-state index >= 15 is 0 Å². The third-order valence-electron chi connectivity index (χ3n) is 3.97. The number of halogens is 1. The fraction of sp³-hybridized carbons (Fsp3) is 0.562. The van der Waals surface area contributed by atoms with Crippen molar-refractivity contribution in [1.82, 2.24) is 4.90 Å². The van der Waals surface area contributed by atoms with Gasteiger partial charge in [0.15, 0.2) is 0 Å². The van der Waals surface area contributed by atoms with E-state index in [4.69, 9.17) is 0 Å². The Morgan fingerprint density at radius 3 is 2.11 bits per heavy atom. The first-order valence-corrected chi connectivity index (χ1v) is 8.13. The maximum absolute atomic E-state index is 12.6. The third kappa shape index (κ3) is 3.59. The summed E-state index contributed by atoms with van der Waals surface area (Å²) in [6.45, 7) is 1.93. The Kier molecular flexibility index (Phi) is 3.92. The lowest BCUT2D eigenvalue weighted by molar-refractivity contribution is -0.131. The quantitative estimate of drug-likeness (QED) is 0.730. The molecule has 2 fully saturated rings. The molecule has 0 saturated heterocycles. The van der Waals surface area contributed by atoms with Crippen LogP contribution in [0.1, 0.15) is 36.1 Å². The van der Waals surface area contributed by atoms with Gasteiger partial charge in [-0.05, 0) is 43.1 Å². The van der Waals surface area contributed by atoms with Gasteiger partial charge < -0.3 is 4.90 Å². The number of rotatable bonds is 6. The van der Waals surface area contributed by atoms with Crippen LogP contribution in [0.2, 0.25) is 0 Å². The Balaban J connectivity index is 1.67. The third-order valence-corrected chi connectivity index (χ3v) is 4.89. The second-order valence-electron chi connectivity index (χ2n) is 5.90. The minimum atomic E-state index is -0.189. The number of carbonyl (C=O) groups excluding carboxylic acids is 1. The summed E-state index contributed by atoms with van der Waals surface area (Å²) in [6, 6.07) is 10.00. The van der Waals surface area contributed by atoms with E-state index in [1.165, 1.54) is 25.7 Å². The van der Waals surface area contributed by atoms with Crippen molar-refractivity contribution in [1.29, 1.82) is 0 Å². The van der Waals surface area contributed by atoms with E-state index in [0.717, 1.165) is 30.5 Å². The molecular formula is C16H20BrNO. The molecule has 2 aliphatic rings. The molecule has 2 nitrogen and oxygen atoms in total. The maximum Gasteiger partial charge on any atom is 0.240 e. The topological polar surface area (TPSA) is 20.3 Å². The van der Waals surface area contributed by atoms with E-state index in [1.54, 1.807) is 0 Å². The largest absolute Gasteiger partial charge is 0.341 e. The number of nitrogens with zero attached hydrogens (tertiary/aromatic N) is 1. The van der Waals surface area contributed by atoms with Crippen molar-refractivity contribution in [3.63, 3.8) is 0 Å². The molecule has 3 rings (SSSR count). The lowest BCUT2D eigenvalue weighted by Gasteiger charge is -2.25. The number of amides is 1. The van der Waals surface area contributed by atoms with Crippen LogP contribution in [-0.4, -0.2) is 23.9 Å². The fourth-order valence-corrected chi connectivity index (χ4v) is 3.00. The highest BCUT2D eigenvalue weighted by molar-refractivity contribution is 9.09. The molecule has 19 heavy (non-hydrogen) atoms. The van der Waals surface area contributed by atoms with Crippen molar-refractivity contribution < 1.29 is 4.79 Å². The SMILES string of the molecule is O=C(C(Br)c1ccccc1)N(CC1CC1)CC1CC1. The summed E-state index contributed by atoms with van der Waals surface area (Å²) in [5.41, 5.74) is 1.06. The van der Waals surface area contributed by atoms with Crippen LogP contribution in [0.25, 0.3) is 0 Å². The highest BCUT2D eigenvalue weighted by Crippen LogP contribution is 2.35. The Morgan fingerprint density at radius 2 is 1.63 bits per heavy atom. The molecule has 1 aromatic rings. The van der Waals surface area contributed by atoms with Gasteiger partial charge in [-0.3, -0.25) is 4.79 Å². The number of carbonyl (C=O) groups is 1. The molecule has 3 heteroatoms. The molecule has 1 unspecified atom stereocenters. The van der Waals surface area contributed by atoms with Crippen LogP contribution in [0.5, 0.6) is 0 Å². The van der Waals surface area contributed by atoms with Gasteiger partial charge in [0.25, 0.3) is 0 Å². The second-order valence-corrected chi connectivity index (χ2v) is 6.82. The molecule has 0 N–H and O–H groups in total. The standard InChI is InChI=1S/C16H20BrNO/c17-15(14-4-2-1-3-5-14)16(19)18(10-12-6-7-12)11-13-8-9-13/h1-5,12-13,15H,6-11H2. The average Bonchev–Trinajstić information content (AvgIpc) is 3.32. The fourth-order valence-electron chi connectivity index (χ4n) is 2.40. The Morgan fingerprint density at radius 1 is 1.11 bits per heavy atom. The molecule has 0 aromatic heterocycles. The molecule has 2 saturated carbocycles. The van der Waals surface area contributed by atoms with E-state index in [0.29, 0.717) is 0 Å². The molecule has 0 spiro atoms. The Labute approximate surface area is 123 Å². The lowest BCUT2D eigenvalue weighted by Crippen LogP contribution is -2.36. The van der Waals surface area contributed by atoms with E-state index in [9.17, 15) is 4.79 Å². The number of hydrogen-bond acceptors (Lipinski definition) is 1. The normalized spacial score (nSPS) is 20.1. The van der Waals surface area contributed by atoms with Crippen LogP contribution in [-0.2, 0) is 4.79 Å². The van der Waals surface area contributed by atoms with E-state index in [-0.39, 0.29) is 10.7 Å². The van der Waals surface area contributed by atoms with Crippen LogP contribution in [0.3, 0.4) is 0 Å². The van der Waals surface area contributed by atoms with Crippen LogP contribution < -0.4 is 0 Å². The minimum absolute atomic E-state index is 0.189. The van der Waals surface area contributed by atoms with Gasteiger partial charge in [-0.1, -0.05) is 46.3 Å². The van der Waals surface area contributed by atoms with E-state index < -0.39 is 0 Å². The van der Waals surface area contributed by atoms with Crippen molar-refractivity contribution in [3.05, 3.63) is 35.9 Å². The van der Waals surface area contributed by atoms with Crippen molar-refractivity contribution in [3.8, 4) is 0 Å². The smallest absolute Gasteiger partial charge is 0.240 e. The van der Waals surface area contributed by atoms with Gasteiger partial charge in [-0.25, -0.2) is 0 Å². The molecule has 0 radical (unpaired) electrons. The van der Waals surface area contributed by atoms with Crippen LogP contribution in [0.4, 0.5) is 0 Å². The highest BCUT2D eigenvalue weighted by atomic mass is 79.9. The van der Waals surface area contributed by atoms with Crippen molar-refractivity contribution in [2.75, 3.05) is 13.1 Å². The first kappa shape index (κ1) is 13.2. The van der Waals surface area contributed by atoms with Crippen molar-refractivity contribution in [2.24, 2.45) is 11.8 Å². The average molecular weight is 322 g/mol. The zero-order valence-electron chi connectivity index (χ0n) is 11.1. The van der Waals surface area contributed by atoms with Gasteiger partial charge in [0, 0.05) is 13.1 Å². The van der Waals surface area contributed by atoms with Gasteiger partial charge in [-0.2, -0.15) is 0 Å². The first-order chi connectivity index (χ1) is 9.24. The monoisotopic (exact) mass is 321 g/mol. The summed E-state index contributed by atoms with van der Waals surface area (Å²) < 4.78 is 0. The molecule has 1 atom stereocenters.